The number of aromatic nitrogens is 2. The Morgan fingerprint density at radius 2 is 1.61 bits per heavy atom. The lowest BCUT2D eigenvalue weighted by Gasteiger charge is -2.35. The number of rotatable bonds is 6. The van der Waals surface area contributed by atoms with Crippen LogP contribution in [-0.4, -0.2) is 41.0 Å². The van der Waals surface area contributed by atoms with E-state index < -0.39 is 0 Å². The summed E-state index contributed by atoms with van der Waals surface area (Å²) in [5, 5.41) is 4.04. The average molecular weight is 394 g/mol. The van der Waals surface area contributed by atoms with Gasteiger partial charge >= 0.3 is 0 Å². The van der Waals surface area contributed by atoms with Gasteiger partial charge < -0.3 is 10.2 Å². The van der Waals surface area contributed by atoms with Crippen LogP contribution in [0.25, 0.3) is 0 Å². The molecule has 1 aromatic heterocycles. The first kappa shape index (κ1) is 18.7. The Morgan fingerprint density at radius 1 is 0.857 bits per heavy atom. The maximum absolute atomic E-state index is 5.94. The summed E-state index contributed by atoms with van der Waals surface area (Å²) in [5.74, 6) is 1.63. The lowest BCUT2D eigenvalue weighted by Crippen LogP contribution is -2.46. The summed E-state index contributed by atoms with van der Waals surface area (Å²) in [6.45, 7) is 5.69. The molecule has 6 heteroatoms. The van der Waals surface area contributed by atoms with Gasteiger partial charge in [0.25, 0.3) is 0 Å². The first-order valence-corrected chi connectivity index (χ1v) is 9.97. The Morgan fingerprint density at radius 3 is 2.36 bits per heavy atom. The largest absolute Gasteiger partial charge is 0.354 e. The molecule has 5 nitrogen and oxygen atoms in total. The van der Waals surface area contributed by atoms with Crippen LogP contribution in [0.15, 0.2) is 66.9 Å². The summed E-state index contributed by atoms with van der Waals surface area (Å²) in [6.07, 6.45) is 1.82. The van der Waals surface area contributed by atoms with Crippen LogP contribution in [0.3, 0.4) is 0 Å². The van der Waals surface area contributed by atoms with Crippen molar-refractivity contribution in [2.24, 2.45) is 0 Å². The molecule has 2 aromatic carbocycles. The first-order chi connectivity index (χ1) is 13.8. The average Bonchev–Trinajstić information content (AvgIpc) is 2.75. The minimum Gasteiger partial charge on any atom is -0.354 e. The van der Waals surface area contributed by atoms with Crippen LogP contribution in [-0.2, 0) is 13.1 Å². The summed E-state index contributed by atoms with van der Waals surface area (Å²) >= 11 is 5.94. The minimum absolute atomic E-state index is 0.652. The highest BCUT2D eigenvalue weighted by Crippen LogP contribution is 2.17. The lowest BCUT2D eigenvalue weighted by molar-refractivity contribution is 0.249. The molecule has 1 N–H and O–H groups in total. The number of benzene rings is 2. The van der Waals surface area contributed by atoms with Crippen LogP contribution in [0.5, 0.6) is 0 Å². The van der Waals surface area contributed by atoms with Gasteiger partial charge in [-0.05, 0) is 29.3 Å². The number of nitrogens with zero attached hydrogens (tertiary/aromatic N) is 4. The van der Waals surface area contributed by atoms with Crippen molar-refractivity contribution in [1.82, 2.24) is 14.9 Å². The molecule has 1 aliphatic heterocycles. The zero-order valence-electron chi connectivity index (χ0n) is 15.8. The van der Waals surface area contributed by atoms with Crippen LogP contribution in [0.1, 0.15) is 11.1 Å². The quantitative estimate of drug-likeness (QED) is 0.684. The molecule has 0 amide bonds. The summed E-state index contributed by atoms with van der Waals surface area (Å²) in [4.78, 5) is 13.9. The van der Waals surface area contributed by atoms with E-state index in [1.54, 1.807) is 0 Å². The zero-order chi connectivity index (χ0) is 19.2. The van der Waals surface area contributed by atoms with E-state index >= 15 is 0 Å². The third kappa shape index (κ3) is 5.00. The standard InChI is InChI=1S/C22H24ClN5/c23-20-8-6-18(7-9-20)16-25-22-24-11-10-21(26-22)28-14-12-27(13-15-28)17-19-4-2-1-3-5-19/h1-11H,12-17H2,(H,24,25,26). The fourth-order valence-electron chi connectivity index (χ4n) is 3.37. The molecule has 0 atom stereocenters. The highest BCUT2D eigenvalue weighted by molar-refractivity contribution is 6.30. The number of anilines is 2. The number of nitrogens with one attached hydrogen (secondary N) is 1. The smallest absolute Gasteiger partial charge is 0.224 e. The summed E-state index contributed by atoms with van der Waals surface area (Å²) < 4.78 is 0. The van der Waals surface area contributed by atoms with Crippen molar-refractivity contribution in [3.63, 3.8) is 0 Å². The normalized spacial score (nSPS) is 14.8. The predicted molar refractivity (Wildman–Crippen MR) is 115 cm³/mol. The van der Waals surface area contributed by atoms with Gasteiger partial charge in [0, 0.05) is 50.5 Å². The van der Waals surface area contributed by atoms with Crippen LogP contribution < -0.4 is 10.2 Å². The molecule has 0 saturated carbocycles. The van der Waals surface area contributed by atoms with Gasteiger partial charge in [-0.3, -0.25) is 4.90 Å². The third-order valence-electron chi connectivity index (χ3n) is 4.95. The van der Waals surface area contributed by atoms with E-state index in [0.29, 0.717) is 12.5 Å². The second kappa shape index (κ2) is 9.04. The van der Waals surface area contributed by atoms with Gasteiger partial charge in [-0.2, -0.15) is 4.98 Å². The van der Waals surface area contributed by atoms with Gasteiger partial charge in [0.05, 0.1) is 0 Å². The number of piperazine rings is 1. The van der Waals surface area contributed by atoms with Crippen LogP contribution in [0.4, 0.5) is 11.8 Å². The second-order valence-corrected chi connectivity index (χ2v) is 7.40. The van der Waals surface area contributed by atoms with Crippen molar-refractivity contribution in [2.75, 3.05) is 36.4 Å². The highest BCUT2D eigenvalue weighted by atomic mass is 35.5. The molecular formula is C22H24ClN5. The molecule has 0 unspecified atom stereocenters. The lowest BCUT2D eigenvalue weighted by atomic mass is 10.2. The number of hydrogen-bond donors (Lipinski definition) is 1. The summed E-state index contributed by atoms with van der Waals surface area (Å²) in [7, 11) is 0. The van der Waals surface area contributed by atoms with E-state index in [9.17, 15) is 0 Å². The van der Waals surface area contributed by atoms with Crippen LogP contribution in [0, 0.1) is 0 Å². The van der Waals surface area contributed by atoms with E-state index in [4.69, 9.17) is 16.6 Å². The van der Waals surface area contributed by atoms with Gasteiger partial charge in [-0.25, -0.2) is 4.98 Å². The van der Waals surface area contributed by atoms with E-state index in [0.717, 1.165) is 49.1 Å². The molecule has 0 aliphatic carbocycles. The molecular weight excluding hydrogens is 370 g/mol. The summed E-state index contributed by atoms with van der Waals surface area (Å²) in [6, 6.07) is 20.4. The van der Waals surface area contributed by atoms with E-state index in [1.165, 1.54) is 5.56 Å². The van der Waals surface area contributed by atoms with E-state index in [-0.39, 0.29) is 0 Å². The van der Waals surface area contributed by atoms with E-state index in [2.05, 4.69) is 50.4 Å². The predicted octanol–water partition coefficient (Wildman–Crippen LogP) is 4.06. The van der Waals surface area contributed by atoms with E-state index in [1.807, 2.05) is 36.5 Å². The monoisotopic (exact) mass is 393 g/mol. The molecule has 1 saturated heterocycles. The van der Waals surface area contributed by atoms with Crippen molar-refractivity contribution in [3.8, 4) is 0 Å². The molecule has 3 aromatic rings. The second-order valence-electron chi connectivity index (χ2n) is 6.97. The molecule has 1 aliphatic rings. The van der Waals surface area contributed by atoms with Gasteiger partial charge in [-0.1, -0.05) is 54.1 Å². The SMILES string of the molecule is Clc1ccc(CNc2nccc(N3CCN(Cc4ccccc4)CC3)n2)cc1. The van der Waals surface area contributed by atoms with Crippen molar-refractivity contribution >= 4 is 23.4 Å². The molecule has 0 bridgehead atoms. The molecule has 2 heterocycles. The highest BCUT2D eigenvalue weighted by Gasteiger charge is 2.18. The fraction of sp³-hybridized carbons (Fsp3) is 0.273. The van der Waals surface area contributed by atoms with Crippen LogP contribution >= 0.6 is 11.6 Å². The molecule has 0 spiro atoms. The number of hydrogen-bond acceptors (Lipinski definition) is 5. The Labute approximate surface area is 171 Å². The minimum atomic E-state index is 0.652. The van der Waals surface area contributed by atoms with Gasteiger partial charge in [-0.15, -0.1) is 0 Å². The Bertz CT molecular complexity index is 877. The zero-order valence-corrected chi connectivity index (χ0v) is 16.5. The maximum Gasteiger partial charge on any atom is 0.224 e. The van der Waals surface area contributed by atoms with Crippen molar-refractivity contribution in [1.29, 1.82) is 0 Å². The molecule has 4 rings (SSSR count). The van der Waals surface area contributed by atoms with Gasteiger partial charge in [0.15, 0.2) is 0 Å². The topological polar surface area (TPSA) is 44.3 Å². The molecule has 1 fully saturated rings. The molecule has 0 radical (unpaired) electrons. The van der Waals surface area contributed by atoms with Crippen molar-refractivity contribution in [3.05, 3.63) is 83.0 Å². The van der Waals surface area contributed by atoms with Crippen molar-refractivity contribution in [2.45, 2.75) is 13.1 Å². The van der Waals surface area contributed by atoms with Crippen LogP contribution in [0.2, 0.25) is 5.02 Å². The Hall–Kier alpha value is -2.63. The maximum atomic E-state index is 5.94. The Balaban J connectivity index is 1.31. The van der Waals surface area contributed by atoms with Gasteiger partial charge in [0.1, 0.15) is 5.82 Å². The third-order valence-corrected chi connectivity index (χ3v) is 5.20. The van der Waals surface area contributed by atoms with Gasteiger partial charge in [0.2, 0.25) is 5.95 Å². The fourth-order valence-corrected chi connectivity index (χ4v) is 3.50. The molecule has 28 heavy (non-hydrogen) atoms. The number of halogens is 1. The molecule has 144 valence electrons. The Kier molecular flexibility index (Phi) is 6.04. The summed E-state index contributed by atoms with van der Waals surface area (Å²) in [5.41, 5.74) is 2.51. The van der Waals surface area contributed by atoms with Crippen molar-refractivity contribution < 1.29 is 0 Å². The first-order valence-electron chi connectivity index (χ1n) is 9.59.